The first-order valence-electron chi connectivity index (χ1n) is 13.0. The Morgan fingerprint density at radius 1 is 0.943 bits per heavy atom. The van der Waals surface area contributed by atoms with Gasteiger partial charge in [0.2, 0.25) is 17.7 Å². The van der Waals surface area contributed by atoms with E-state index in [-0.39, 0.29) is 36.1 Å². The molecule has 6 heteroatoms. The molecule has 0 spiro atoms. The number of carbonyl (C=O) groups is 3. The van der Waals surface area contributed by atoms with Gasteiger partial charge in [-0.3, -0.25) is 14.4 Å². The SMILES string of the molecule is CCCCc1ccc(N2CC(C(=O)N3CCC(NC(=O)CCc4ccccc4)CC3)CC2=O)cc1. The van der Waals surface area contributed by atoms with Gasteiger partial charge in [-0.1, -0.05) is 55.8 Å². The number of anilines is 1. The molecule has 2 fully saturated rings. The molecule has 0 saturated carbocycles. The number of hydrogen-bond donors (Lipinski definition) is 1. The number of likely N-dealkylation sites (tertiary alicyclic amines) is 1. The van der Waals surface area contributed by atoms with Gasteiger partial charge in [0.1, 0.15) is 0 Å². The monoisotopic (exact) mass is 475 g/mol. The maximum absolute atomic E-state index is 13.1. The molecule has 0 aliphatic carbocycles. The highest BCUT2D eigenvalue weighted by Gasteiger charge is 2.38. The van der Waals surface area contributed by atoms with E-state index in [1.807, 2.05) is 47.4 Å². The summed E-state index contributed by atoms with van der Waals surface area (Å²) in [4.78, 5) is 41.8. The standard InChI is InChI=1S/C29H37N3O3/c1-2-3-7-23-10-13-26(14-11-23)32-21-24(20-28(32)34)29(35)31-18-16-25(17-19-31)30-27(33)15-12-22-8-5-4-6-9-22/h4-6,8-11,13-14,24-25H,2-3,7,12,15-21H2,1H3,(H,30,33). The number of piperidine rings is 1. The summed E-state index contributed by atoms with van der Waals surface area (Å²) >= 11 is 0. The molecule has 35 heavy (non-hydrogen) atoms. The summed E-state index contributed by atoms with van der Waals surface area (Å²) < 4.78 is 0. The Hall–Kier alpha value is -3.15. The average molecular weight is 476 g/mol. The molecule has 0 bridgehead atoms. The molecule has 2 aliphatic rings. The van der Waals surface area contributed by atoms with Gasteiger partial charge < -0.3 is 15.1 Å². The van der Waals surface area contributed by atoms with Crippen molar-refractivity contribution in [2.75, 3.05) is 24.5 Å². The van der Waals surface area contributed by atoms with Crippen molar-refractivity contribution in [3.05, 3.63) is 65.7 Å². The first kappa shape index (κ1) is 25.0. The van der Waals surface area contributed by atoms with Crippen molar-refractivity contribution < 1.29 is 14.4 Å². The molecular weight excluding hydrogens is 438 g/mol. The van der Waals surface area contributed by atoms with E-state index in [1.165, 1.54) is 5.56 Å². The topological polar surface area (TPSA) is 69.7 Å². The normalized spacial score (nSPS) is 18.7. The predicted octanol–water partition coefficient (Wildman–Crippen LogP) is 4.12. The lowest BCUT2D eigenvalue weighted by Gasteiger charge is -2.33. The molecule has 0 aromatic heterocycles. The fraction of sp³-hybridized carbons (Fsp3) is 0.483. The quantitative estimate of drug-likeness (QED) is 0.593. The number of amides is 3. The molecule has 2 aromatic rings. The van der Waals surface area contributed by atoms with Crippen LogP contribution in [0.5, 0.6) is 0 Å². The zero-order chi connectivity index (χ0) is 24.6. The molecule has 186 valence electrons. The van der Waals surface area contributed by atoms with E-state index >= 15 is 0 Å². The van der Waals surface area contributed by atoms with Gasteiger partial charge >= 0.3 is 0 Å². The summed E-state index contributed by atoms with van der Waals surface area (Å²) in [7, 11) is 0. The minimum atomic E-state index is -0.292. The second-order valence-electron chi connectivity index (χ2n) is 9.83. The first-order chi connectivity index (χ1) is 17.0. The number of unbranched alkanes of at least 4 members (excludes halogenated alkanes) is 1. The maximum atomic E-state index is 13.1. The summed E-state index contributed by atoms with van der Waals surface area (Å²) in [6, 6.07) is 18.3. The Morgan fingerprint density at radius 2 is 1.63 bits per heavy atom. The number of aryl methyl sites for hydroxylation is 2. The van der Waals surface area contributed by atoms with Crippen LogP contribution >= 0.6 is 0 Å². The molecule has 2 heterocycles. The van der Waals surface area contributed by atoms with Crippen LogP contribution in [-0.4, -0.2) is 48.3 Å². The Bertz CT molecular complexity index is 998. The molecule has 1 atom stereocenters. The van der Waals surface area contributed by atoms with Crippen LogP contribution in [0, 0.1) is 5.92 Å². The van der Waals surface area contributed by atoms with Gasteiger partial charge in [0.15, 0.2) is 0 Å². The molecule has 3 amide bonds. The highest BCUT2D eigenvalue weighted by Crippen LogP contribution is 2.28. The van der Waals surface area contributed by atoms with Crippen LogP contribution < -0.4 is 10.2 Å². The van der Waals surface area contributed by atoms with Crippen LogP contribution in [0.3, 0.4) is 0 Å². The van der Waals surface area contributed by atoms with Crippen molar-refractivity contribution in [2.45, 2.75) is 64.3 Å². The average Bonchev–Trinajstić information content (AvgIpc) is 3.28. The van der Waals surface area contributed by atoms with Crippen molar-refractivity contribution in [1.82, 2.24) is 10.2 Å². The third-order valence-corrected chi connectivity index (χ3v) is 7.20. The van der Waals surface area contributed by atoms with Crippen LogP contribution in [-0.2, 0) is 27.2 Å². The van der Waals surface area contributed by atoms with Gasteiger partial charge in [0.05, 0.1) is 5.92 Å². The van der Waals surface area contributed by atoms with Gasteiger partial charge in [-0.05, 0) is 55.4 Å². The Kier molecular flexibility index (Phi) is 8.56. The van der Waals surface area contributed by atoms with Crippen molar-refractivity contribution in [2.24, 2.45) is 5.92 Å². The highest BCUT2D eigenvalue weighted by atomic mass is 16.2. The van der Waals surface area contributed by atoms with Gasteiger partial charge in [0, 0.05) is 44.2 Å². The first-order valence-corrected chi connectivity index (χ1v) is 13.0. The zero-order valence-electron chi connectivity index (χ0n) is 20.7. The van der Waals surface area contributed by atoms with Crippen molar-refractivity contribution in [3.8, 4) is 0 Å². The van der Waals surface area contributed by atoms with E-state index in [0.717, 1.165) is 49.8 Å². The molecule has 4 rings (SSSR count). The fourth-order valence-corrected chi connectivity index (χ4v) is 5.05. The lowest BCUT2D eigenvalue weighted by Crippen LogP contribution is -2.48. The largest absolute Gasteiger partial charge is 0.353 e. The maximum Gasteiger partial charge on any atom is 0.228 e. The summed E-state index contributed by atoms with van der Waals surface area (Å²) in [5, 5.41) is 3.13. The molecule has 6 nitrogen and oxygen atoms in total. The lowest BCUT2D eigenvalue weighted by molar-refractivity contribution is -0.137. The van der Waals surface area contributed by atoms with Crippen LogP contribution in [0.15, 0.2) is 54.6 Å². The van der Waals surface area contributed by atoms with E-state index in [0.29, 0.717) is 26.1 Å². The molecule has 2 saturated heterocycles. The van der Waals surface area contributed by atoms with Crippen LogP contribution in [0.4, 0.5) is 5.69 Å². The van der Waals surface area contributed by atoms with Gasteiger partial charge in [-0.15, -0.1) is 0 Å². The Morgan fingerprint density at radius 3 is 2.31 bits per heavy atom. The van der Waals surface area contributed by atoms with E-state index in [2.05, 4.69) is 24.4 Å². The second kappa shape index (κ2) is 12.0. The van der Waals surface area contributed by atoms with Crippen molar-refractivity contribution in [1.29, 1.82) is 0 Å². The van der Waals surface area contributed by atoms with Gasteiger partial charge in [0.25, 0.3) is 0 Å². The molecule has 2 aromatic carbocycles. The van der Waals surface area contributed by atoms with Crippen LogP contribution in [0.1, 0.15) is 56.6 Å². The van der Waals surface area contributed by atoms with E-state index in [1.54, 1.807) is 4.90 Å². The molecule has 1 unspecified atom stereocenters. The van der Waals surface area contributed by atoms with Gasteiger partial charge in [-0.25, -0.2) is 0 Å². The number of hydrogen-bond acceptors (Lipinski definition) is 3. The third kappa shape index (κ3) is 6.71. The van der Waals surface area contributed by atoms with Crippen molar-refractivity contribution >= 4 is 23.4 Å². The number of benzene rings is 2. The molecular formula is C29H37N3O3. The summed E-state index contributed by atoms with van der Waals surface area (Å²) in [5.74, 6) is -0.143. The van der Waals surface area contributed by atoms with Crippen LogP contribution in [0.25, 0.3) is 0 Å². The number of nitrogens with one attached hydrogen (secondary N) is 1. The Labute approximate surface area is 208 Å². The molecule has 0 radical (unpaired) electrons. The second-order valence-corrected chi connectivity index (χ2v) is 9.83. The highest BCUT2D eigenvalue weighted by molar-refractivity contribution is 6.00. The summed E-state index contributed by atoms with van der Waals surface area (Å²) in [6.45, 7) is 3.88. The third-order valence-electron chi connectivity index (χ3n) is 7.20. The van der Waals surface area contributed by atoms with Crippen molar-refractivity contribution in [3.63, 3.8) is 0 Å². The lowest BCUT2D eigenvalue weighted by atomic mass is 10.0. The molecule has 1 N–H and O–H groups in total. The van der Waals surface area contributed by atoms with E-state index in [4.69, 9.17) is 0 Å². The minimum absolute atomic E-state index is 0.0187. The fourth-order valence-electron chi connectivity index (χ4n) is 5.05. The summed E-state index contributed by atoms with van der Waals surface area (Å²) in [6.07, 6.45) is 6.36. The number of nitrogens with zero attached hydrogens (tertiary/aromatic N) is 2. The number of rotatable bonds is 9. The Balaban J connectivity index is 1.22. The minimum Gasteiger partial charge on any atom is -0.353 e. The van der Waals surface area contributed by atoms with E-state index in [9.17, 15) is 14.4 Å². The predicted molar refractivity (Wildman–Crippen MR) is 138 cm³/mol. The smallest absolute Gasteiger partial charge is 0.228 e. The van der Waals surface area contributed by atoms with Gasteiger partial charge in [-0.2, -0.15) is 0 Å². The zero-order valence-corrected chi connectivity index (χ0v) is 20.7. The number of carbonyl (C=O) groups excluding carboxylic acids is 3. The van der Waals surface area contributed by atoms with E-state index < -0.39 is 0 Å². The molecule has 2 aliphatic heterocycles. The van der Waals surface area contributed by atoms with Crippen LogP contribution in [0.2, 0.25) is 0 Å². The summed E-state index contributed by atoms with van der Waals surface area (Å²) in [5.41, 5.74) is 3.32.